The SMILES string of the molecule is CCCCn1cnc2c(cnn2-c2cccc(C(F)(F)F)c2)c1=O. The van der Waals surface area contributed by atoms with Gasteiger partial charge in [0.25, 0.3) is 5.56 Å². The number of halogens is 3. The van der Waals surface area contributed by atoms with E-state index >= 15 is 0 Å². The molecule has 5 nitrogen and oxygen atoms in total. The Morgan fingerprint density at radius 2 is 2.04 bits per heavy atom. The van der Waals surface area contributed by atoms with Crippen LogP contribution in [0.1, 0.15) is 25.3 Å². The lowest BCUT2D eigenvalue weighted by Gasteiger charge is -2.09. The summed E-state index contributed by atoms with van der Waals surface area (Å²) in [5, 5.41) is 4.33. The molecular formula is C16H15F3N4O. The smallest absolute Gasteiger partial charge is 0.299 e. The van der Waals surface area contributed by atoms with Crippen LogP contribution in [0.15, 0.2) is 41.6 Å². The first-order valence-corrected chi connectivity index (χ1v) is 7.52. The molecule has 0 aliphatic carbocycles. The molecule has 2 aromatic heterocycles. The van der Waals surface area contributed by atoms with E-state index in [1.165, 1.54) is 33.9 Å². The van der Waals surface area contributed by atoms with Gasteiger partial charge in [-0.3, -0.25) is 9.36 Å². The molecule has 2 heterocycles. The van der Waals surface area contributed by atoms with Gasteiger partial charge in [-0.15, -0.1) is 0 Å². The molecule has 0 atom stereocenters. The minimum absolute atomic E-state index is 0.207. The zero-order valence-electron chi connectivity index (χ0n) is 12.9. The van der Waals surface area contributed by atoms with Crippen molar-refractivity contribution < 1.29 is 13.2 Å². The summed E-state index contributed by atoms with van der Waals surface area (Å²) < 4.78 is 41.3. The molecule has 0 bridgehead atoms. The summed E-state index contributed by atoms with van der Waals surface area (Å²) in [6.45, 7) is 2.57. The van der Waals surface area contributed by atoms with Crippen LogP contribution >= 0.6 is 0 Å². The number of benzene rings is 1. The lowest BCUT2D eigenvalue weighted by Crippen LogP contribution is -2.20. The van der Waals surface area contributed by atoms with Crippen LogP contribution in [0.2, 0.25) is 0 Å². The summed E-state index contributed by atoms with van der Waals surface area (Å²) in [5.74, 6) is 0. The van der Waals surface area contributed by atoms with Crippen molar-refractivity contribution in [2.24, 2.45) is 0 Å². The van der Waals surface area contributed by atoms with Gasteiger partial charge in [0, 0.05) is 6.54 Å². The highest BCUT2D eigenvalue weighted by Crippen LogP contribution is 2.30. The molecule has 3 rings (SSSR count). The molecule has 0 aliphatic heterocycles. The predicted molar refractivity (Wildman–Crippen MR) is 83.0 cm³/mol. The van der Waals surface area contributed by atoms with Gasteiger partial charge in [0.1, 0.15) is 5.39 Å². The van der Waals surface area contributed by atoms with Crippen LogP contribution in [0.3, 0.4) is 0 Å². The number of alkyl halides is 3. The molecular weight excluding hydrogens is 321 g/mol. The Kier molecular flexibility index (Phi) is 4.13. The topological polar surface area (TPSA) is 52.7 Å². The van der Waals surface area contributed by atoms with Gasteiger partial charge in [-0.25, -0.2) is 9.67 Å². The Morgan fingerprint density at radius 1 is 1.25 bits per heavy atom. The lowest BCUT2D eigenvalue weighted by atomic mass is 10.2. The second-order valence-electron chi connectivity index (χ2n) is 5.44. The van der Waals surface area contributed by atoms with Crippen LogP contribution in [0.25, 0.3) is 16.7 Å². The van der Waals surface area contributed by atoms with E-state index in [2.05, 4.69) is 10.1 Å². The van der Waals surface area contributed by atoms with E-state index in [-0.39, 0.29) is 22.3 Å². The third-order valence-electron chi connectivity index (χ3n) is 3.73. The quantitative estimate of drug-likeness (QED) is 0.734. The molecule has 0 aliphatic rings. The van der Waals surface area contributed by atoms with Crippen molar-refractivity contribution in [3.05, 3.63) is 52.7 Å². The molecule has 0 saturated heterocycles. The molecule has 126 valence electrons. The molecule has 0 spiro atoms. The first-order chi connectivity index (χ1) is 11.4. The van der Waals surface area contributed by atoms with E-state index < -0.39 is 11.7 Å². The molecule has 0 N–H and O–H groups in total. The van der Waals surface area contributed by atoms with E-state index in [1.54, 1.807) is 0 Å². The van der Waals surface area contributed by atoms with Crippen LogP contribution in [-0.2, 0) is 12.7 Å². The van der Waals surface area contributed by atoms with Gasteiger partial charge in [0.05, 0.1) is 23.8 Å². The Bertz CT molecular complexity index is 927. The minimum atomic E-state index is -4.45. The van der Waals surface area contributed by atoms with Crippen LogP contribution in [0.5, 0.6) is 0 Å². The monoisotopic (exact) mass is 336 g/mol. The van der Waals surface area contributed by atoms with Crippen molar-refractivity contribution in [3.8, 4) is 5.69 Å². The van der Waals surface area contributed by atoms with Crippen molar-refractivity contribution in [3.63, 3.8) is 0 Å². The van der Waals surface area contributed by atoms with Crippen LogP contribution in [0.4, 0.5) is 13.2 Å². The zero-order chi connectivity index (χ0) is 17.3. The van der Waals surface area contributed by atoms with Crippen LogP contribution in [-0.4, -0.2) is 19.3 Å². The summed E-state index contributed by atoms with van der Waals surface area (Å²) in [4.78, 5) is 16.6. The number of nitrogens with zero attached hydrogens (tertiary/aromatic N) is 4. The predicted octanol–water partition coefficient (Wildman–Crippen LogP) is 3.40. The first-order valence-electron chi connectivity index (χ1n) is 7.52. The molecule has 1 aromatic carbocycles. The summed E-state index contributed by atoms with van der Waals surface area (Å²) in [5.41, 5.74) is -0.572. The number of hydrogen-bond donors (Lipinski definition) is 0. The Hall–Kier alpha value is -2.64. The summed E-state index contributed by atoms with van der Waals surface area (Å²) in [6, 6.07) is 4.76. The van der Waals surface area contributed by atoms with Crippen molar-refractivity contribution in [1.82, 2.24) is 19.3 Å². The van der Waals surface area contributed by atoms with E-state index in [9.17, 15) is 18.0 Å². The number of aromatic nitrogens is 4. The largest absolute Gasteiger partial charge is 0.416 e. The van der Waals surface area contributed by atoms with Crippen molar-refractivity contribution in [2.45, 2.75) is 32.5 Å². The molecule has 0 amide bonds. The fraction of sp³-hybridized carbons (Fsp3) is 0.312. The average Bonchev–Trinajstić information content (AvgIpc) is 2.98. The van der Waals surface area contributed by atoms with E-state index in [1.807, 2.05) is 6.92 Å². The van der Waals surface area contributed by atoms with Crippen molar-refractivity contribution in [2.75, 3.05) is 0 Å². The fourth-order valence-electron chi connectivity index (χ4n) is 2.44. The Morgan fingerprint density at radius 3 is 2.75 bits per heavy atom. The second kappa shape index (κ2) is 6.10. The molecule has 24 heavy (non-hydrogen) atoms. The standard InChI is InChI=1S/C16H15F3N4O/c1-2-3-7-22-10-20-14-13(15(22)24)9-21-23(14)12-6-4-5-11(8-12)16(17,18)19/h4-6,8-10H,2-3,7H2,1H3. The first kappa shape index (κ1) is 16.2. The van der Waals surface area contributed by atoms with Crippen LogP contribution < -0.4 is 5.56 Å². The summed E-state index contributed by atoms with van der Waals surface area (Å²) in [6.07, 6.45) is 0.0849. The molecule has 3 aromatic rings. The number of rotatable bonds is 4. The molecule has 0 saturated carbocycles. The van der Waals surface area contributed by atoms with Gasteiger partial charge in [-0.05, 0) is 24.6 Å². The maximum atomic E-state index is 12.9. The molecule has 8 heteroatoms. The van der Waals surface area contributed by atoms with Gasteiger partial charge in [-0.1, -0.05) is 19.4 Å². The van der Waals surface area contributed by atoms with E-state index in [4.69, 9.17) is 0 Å². The lowest BCUT2D eigenvalue weighted by molar-refractivity contribution is -0.137. The molecule has 0 unspecified atom stereocenters. The normalized spacial score (nSPS) is 12.0. The highest BCUT2D eigenvalue weighted by atomic mass is 19.4. The van der Waals surface area contributed by atoms with E-state index in [0.29, 0.717) is 6.54 Å². The summed E-state index contributed by atoms with van der Waals surface area (Å²) >= 11 is 0. The molecule has 0 fully saturated rings. The number of aryl methyl sites for hydroxylation is 1. The summed E-state index contributed by atoms with van der Waals surface area (Å²) in [7, 11) is 0. The minimum Gasteiger partial charge on any atom is -0.299 e. The number of unbranched alkanes of at least 4 members (excludes halogenated alkanes) is 1. The van der Waals surface area contributed by atoms with Gasteiger partial charge in [0.15, 0.2) is 5.65 Å². The highest BCUT2D eigenvalue weighted by molar-refractivity contribution is 5.74. The number of hydrogen-bond acceptors (Lipinski definition) is 3. The van der Waals surface area contributed by atoms with Crippen molar-refractivity contribution >= 4 is 11.0 Å². The van der Waals surface area contributed by atoms with Crippen molar-refractivity contribution in [1.29, 1.82) is 0 Å². The van der Waals surface area contributed by atoms with E-state index in [0.717, 1.165) is 25.0 Å². The van der Waals surface area contributed by atoms with Gasteiger partial charge in [0.2, 0.25) is 0 Å². The highest BCUT2D eigenvalue weighted by Gasteiger charge is 2.30. The van der Waals surface area contributed by atoms with Gasteiger partial charge in [-0.2, -0.15) is 18.3 Å². The maximum Gasteiger partial charge on any atom is 0.416 e. The third-order valence-corrected chi connectivity index (χ3v) is 3.73. The maximum absolute atomic E-state index is 12.9. The fourth-order valence-corrected chi connectivity index (χ4v) is 2.44. The second-order valence-corrected chi connectivity index (χ2v) is 5.44. The molecule has 0 radical (unpaired) electrons. The van der Waals surface area contributed by atoms with Gasteiger partial charge >= 0.3 is 6.18 Å². The Labute approximate surface area is 135 Å². The van der Waals surface area contributed by atoms with Gasteiger partial charge < -0.3 is 0 Å². The Balaban J connectivity index is 2.09. The zero-order valence-corrected chi connectivity index (χ0v) is 12.9. The average molecular weight is 336 g/mol. The third kappa shape index (κ3) is 2.91. The van der Waals surface area contributed by atoms with Crippen LogP contribution in [0, 0.1) is 0 Å². The number of fused-ring (bicyclic) bond motifs is 1.